The molecule has 0 saturated carbocycles. The van der Waals surface area contributed by atoms with Gasteiger partial charge in [0.05, 0.1) is 5.41 Å². The fourth-order valence-electron chi connectivity index (χ4n) is 2.07. The molecule has 0 aliphatic rings. The molecule has 2 aromatic heterocycles. The molecule has 3 rings (SSSR count). The van der Waals surface area contributed by atoms with Gasteiger partial charge in [0, 0.05) is 18.0 Å². The van der Waals surface area contributed by atoms with Crippen molar-refractivity contribution in [2.45, 2.75) is 19.3 Å². The fraction of sp³-hybridized carbons (Fsp3) is 0.188. The van der Waals surface area contributed by atoms with E-state index in [2.05, 4.69) is 29.0 Å². The first-order valence-electron chi connectivity index (χ1n) is 6.48. The lowest BCUT2D eigenvalue weighted by Crippen LogP contribution is -2.19. The summed E-state index contributed by atoms with van der Waals surface area (Å²) in [6.07, 6.45) is 3.54. The van der Waals surface area contributed by atoms with Crippen molar-refractivity contribution in [3.63, 3.8) is 0 Å². The van der Waals surface area contributed by atoms with Crippen molar-refractivity contribution >= 4 is 0 Å². The zero-order chi connectivity index (χ0) is 14.0. The molecule has 100 valence electrons. The summed E-state index contributed by atoms with van der Waals surface area (Å²) in [7, 11) is 0. The van der Waals surface area contributed by atoms with Crippen molar-refractivity contribution in [3.05, 3.63) is 66.3 Å². The van der Waals surface area contributed by atoms with E-state index in [9.17, 15) is 0 Å². The molecule has 0 fully saturated rings. The van der Waals surface area contributed by atoms with Crippen molar-refractivity contribution in [1.29, 1.82) is 0 Å². The lowest BCUT2D eigenvalue weighted by atomic mass is 9.85. The molecular weight excluding hydrogens is 250 g/mol. The smallest absolute Gasteiger partial charge is 0.247 e. The first-order valence-corrected chi connectivity index (χ1v) is 6.48. The van der Waals surface area contributed by atoms with Crippen LogP contribution in [0.4, 0.5) is 0 Å². The first kappa shape index (κ1) is 12.5. The molecular formula is C16H15N3O. The minimum Gasteiger partial charge on any atom is -0.420 e. The van der Waals surface area contributed by atoms with Crippen LogP contribution in [0.15, 0.2) is 59.3 Å². The van der Waals surface area contributed by atoms with E-state index in [0.717, 1.165) is 11.1 Å². The third-order valence-electron chi connectivity index (χ3n) is 3.38. The minimum absolute atomic E-state index is 0.344. The Kier molecular flexibility index (Phi) is 3.06. The second-order valence-electron chi connectivity index (χ2n) is 5.14. The maximum atomic E-state index is 5.85. The normalized spacial score (nSPS) is 11.5. The molecule has 0 bridgehead atoms. The summed E-state index contributed by atoms with van der Waals surface area (Å²) in [6, 6.07) is 13.7. The highest BCUT2D eigenvalue weighted by Crippen LogP contribution is 2.31. The van der Waals surface area contributed by atoms with E-state index >= 15 is 0 Å². The van der Waals surface area contributed by atoms with Gasteiger partial charge >= 0.3 is 0 Å². The zero-order valence-electron chi connectivity index (χ0n) is 11.4. The van der Waals surface area contributed by atoms with Crippen LogP contribution in [-0.2, 0) is 5.41 Å². The molecule has 0 saturated heterocycles. The van der Waals surface area contributed by atoms with E-state index in [1.165, 1.54) is 0 Å². The molecule has 1 aromatic carbocycles. The van der Waals surface area contributed by atoms with Gasteiger partial charge in [0.2, 0.25) is 11.8 Å². The predicted molar refractivity (Wildman–Crippen MR) is 76.1 cm³/mol. The summed E-state index contributed by atoms with van der Waals surface area (Å²) in [5.41, 5.74) is 1.68. The van der Waals surface area contributed by atoms with Gasteiger partial charge in [-0.05, 0) is 43.7 Å². The standard InChI is InChI=1S/C16H15N3O/c1-16(2,13-8-10-17-11-9-13)15-19-18-14(20-15)12-6-4-3-5-7-12/h3-11H,1-2H3. The van der Waals surface area contributed by atoms with Gasteiger partial charge in [-0.3, -0.25) is 4.98 Å². The Morgan fingerprint density at radius 2 is 1.60 bits per heavy atom. The van der Waals surface area contributed by atoms with Crippen molar-refractivity contribution < 1.29 is 4.42 Å². The van der Waals surface area contributed by atoms with Crippen LogP contribution in [0.5, 0.6) is 0 Å². The van der Waals surface area contributed by atoms with Gasteiger partial charge in [0.1, 0.15) is 0 Å². The highest BCUT2D eigenvalue weighted by Gasteiger charge is 2.29. The highest BCUT2D eigenvalue weighted by atomic mass is 16.4. The van der Waals surface area contributed by atoms with Crippen LogP contribution in [0.25, 0.3) is 11.5 Å². The minimum atomic E-state index is -0.344. The summed E-state index contributed by atoms with van der Waals surface area (Å²) in [6.45, 7) is 4.12. The van der Waals surface area contributed by atoms with Gasteiger partial charge < -0.3 is 4.42 Å². The Labute approximate surface area is 117 Å². The SMILES string of the molecule is CC(C)(c1ccncc1)c1nnc(-c2ccccc2)o1. The third kappa shape index (κ3) is 2.20. The molecule has 3 aromatic rings. The quantitative estimate of drug-likeness (QED) is 0.727. The van der Waals surface area contributed by atoms with Gasteiger partial charge in [-0.1, -0.05) is 18.2 Å². The Bertz CT molecular complexity index is 690. The van der Waals surface area contributed by atoms with Crippen LogP contribution in [0.2, 0.25) is 0 Å². The number of aromatic nitrogens is 3. The second-order valence-corrected chi connectivity index (χ2v) is 5.14. The van der Waals surface area contributed by atoms with Crippen LogP contribution >= 0.6 is 0 Å². The largest absolute Gasteiger partial charge is 0.420 e. The van der Waals surface area contributed by atoms with Gasteiger partial charge in [0.15, 0.2) is 0 Å². The lowest BCUT2D eigenvalue weighted by Gasteiger charge is -2.20. The van der Waals surface area contributed by atoms with Crippen LogP contribution in [0.1, 0.15) is 25.3 Å². The van der Waals surface area contributed by atoms with E-state index in [1.54, 1.807) is 12.4 Å². The zero-order valence-corrected chi connectivity index (χ0v) is 11.4. The van der Waals surface area contributed by atoms with E-state index in [-0.39, 0.29) is 5.41 Å². The maximum Gasteiger partial charge on any atom is 0.247 e. The fourth-order valence-corrected chi connectivity index (χ4v) is 2.07. The van der Waals surface area contributed by atoms with E-state index in [4.69, 9.17) is 4.42 Å². The molecule has 0 radical (unpaired) electrons. The van der Waals surface area contributed by atoms with Gasteiger partial charge in [-0.15, -0.1) is 10.2 Å². The van der Waals surface area contributed by atoms with Crippen molar-refractivity contribution in [2.75, 3.05) is 0 Å². The van der Waals surface area contributed by atoms with Crippen molar-refractivity contribution in [1.82, 2.24) is 15.2 Å². The van der Waals surface area contributed by atoms with Crippen LogP contribution in [0, 0.1) is 0 Å². The highest BCUT2D eigenvalue weighted by molar-refractivity contribution is 5.52. The number of hydrogen-bond acceptors (Lipinski definition) is 4. The Hall–Kier alpha value is -2.49. The molecule has 0 amide bonds. The van der Waals surface area contributed by atoms with Gasteiger partial charge in [0.25, 0.3) is 0 Å². The lowest BCUT2D eigenvalue weighted by molar-refractivity contribution is 0.420. The maximum absolute atomic E-state index is 5.85. The number of benzene rings is 1. The van der Waals surface area contributed by atoms with Crippen LogP contribution in [0.3, 0.4) is 0 Å². The topological polar surface area (TPSA) is 51.8 Å². The summed E-state index contributed by atoms with van der Waals surface area (Å²) in [5.74, 6) is 1.14. The molecule has 0 N–H and O–H groups in total. The number of hydrogen-bond donors (Lipinski definition) is 0. The summed E-state index contributed by atoms with van der Waals surface area (Å²) in [5, 5.41) is 8.35. The molecule has 0 spiro atoms. The monoisotopic (exact) mass is 265 g/mol. The van der Waals surface area contributed by atoms with Crippen LogP contribution in [-0.4, -0.2) is 15.2 Å². The summed E-state index contributed by atoms with van der Waals surface area (Å²) < 4.78 is 5.85. The summed E-state index contributed by atoms with van der Waals surface area (Å²) >= 11 is 0. The Morgan fingerprint density at radius 3 is 2.30 bits per heavy atom. The van der Waals surface area contributed by atoms with Gasteiger partial charge in [-0.2, -0.15) is 0 Å². The molecule has 4 heteroatoms. The van der Waals surface area contributed by atoms with Gasteiger partial charge in [-0.25, -0.2) is 0 Å². The average molecular weight is 265 g/mol. The number of rotatable bonds is 3. The summed E-state index contributed by atoms with van der Waals surface area (Å²) in [4.78, 5) is 4.04. The second kappa shape index (κ2) is 4.89. The molecule has 4 nitrogen and oxygen atoms in total. The first-order chi connectivity index (χ1) is 9.68. The average Bonchev–Trinajstić information content (AvgIpc) is 3.00. The molecule has 0 unspecified atom stereocenters. The van der Waals surface area contributed by atoms with E-state index < -0.39 is 0 Å². The molecule has 0 atom stereocenters. The Morgan fingerprint density at radius 1 is 0.900 bits per heavy atom. The van der Waals surface area contributed by atoms with Crippen molar-refractivity contribution in [3.8, 4) is 11.5 Å². The molecule has 2 heterocycles. The van der Waals surface area contributed by atoms with Crippen molar-refractivity contribution in [2.24, 2.45) is 0 Å². The molecule has 0 aliphatic carbocycles. The molecule has 0 aliphatic heterocycles. The van der Waals surface area contributed by atoms with E-state index in [0.29, 0.717) is 11.8 Å². The predicted octanol–water partition coefficient (Wildman–Crippen LogP) is 3.46. The van der Waals surface area contributed by atoms with Crippen LogP contribution < -0.4 is 0 Å². The Balaban J connectivity index is 1.98. The van der Waals surface area contributed by atoms with E-state index in [1.807, 2.05) is 42.5 Å². The number of pyridine rings is 1. The number of nitrogens with zero attached hydrogens (tertiary/aromatic N) is 3. The molecule has 20 heavy (non-hydrogen) atoms. The third-order valence-corrected chi connectivity index (χ3v) is 3.38.